The van der Waals surface area contributed by atoms with E-state index in [9.17, 15) is 8.78 Å². The molecule has 0 saturated heterocycles. The molecule has 1 aromatic rings. The summed E-state index contributed by atoms with van der Waals surface area (Å²) in [6.45, 7) is 6.10. The van der Waals surface area contributed by atoms with E-state index in [-0.39, 0.29) is 29.4 Å². The minimum Gasteiger partial charge on any atom is -0.381 e. The van der Waals surface area contributed by atoms with Crippen LogP contribution in [-0.2, 0) is 4.74 Å². The van der Waals surface area contributed by atoms with Crippen LogP contribution in [0, 0.1) is 17.0 Å². The number of benzene rings is 1. The molecule has 0 aliphatic heterocycles. The molecule has 1 aromatic carbocycles. The van der Waals surface area contributed by atoms with Gasteiger partial charge in [-0.1, -0.05) is 13.8 Å². The molecular formula is C15H21F2NO. The Hall–Kier alpha value is -1.00. The van der Waals surface area contributed by atoms with Crippen molar-refractivity contribution in [2.45, 2.75) is 45.4 Å². The Kier molecular flexibility index (Phi) is 3.92. The van der Waals surface area contributed by atoms with Crippen LogP contribution in [0.4, 0.5) is 8.78 Å². The van der Waals surface area contributed by atoms with Gasteiger partial charge in [-0.2, -0.15) is 0 Å². The summed E-state index contributed by atoms with van der Waals surface area (Å²) in [5.74, 6) is -0.783. The minimum absolute atomic E-state index is 0.00676. The molecule has 1 fully saturated rings. The number of halogens is 2. The lowest BCUT2D eigenvalue weighted by Crippen LogP contribution is -2.61. The number of ether oxygens (including phenoxy) is 1. The van der Waals surface area contributed by atoms with E-state index in [0.29, 0.717) is 5.56 Å². The van der Waals surface area contributed by atoms with Gasteiger partial charge in [0.05, 0.1) is 6.10 Å². The summed E-state index contributed by atoms with van der Waals surface area (Å²) in [5.41, 5.74) is 0.379. The fourth-order valence-electron chi connectivity index (χ4n) is 2.81. The molecule has 2 nitrogen and oxygen atoms in total. The van der Waals surface area contributed by atoms with E-state index in [1.165, 1.54) is 12.1 Å². The first kappa shape index (κ1) is 14.4. The van der Waals surface area contributed by atoms with Gasteiger partial charge >= 0.3 is 0 Å². The summed E-state index contributed by atoms with van der Waals surface area (Å²) in [7, 11) is 1.71. The zero-order valence-corrected chi connectivity index (χ0v) is 11.8. The predicted octanol–water partition coefficient (Wildman–Crippen LogP) is 3.43. The van der Waals surface area contributed by atoms with Crippen molar-refractivity contribution in [3.63, 3.8) is 0 Å². The fourth-order valence-corrected chi connectivity index (χ4v) is 2.81. The number of rotatable bonds is 4. The molecule has 3 unspecified atom stereocenters. The number of nitrogens with one attached hydrogen (secondary N) is 1. The average molecular weight is 269 g/mol. The second kappa shape index (κ2) is 5.17. The molecule has 1 aliphatic carbocycles. The molecule has 0 radical (unpaired) electrons. The van der Waals surface area contributed by atoms with Crippen molar-refractivity contribution in [2.75, 3.05) is 7.11 Å². The highest BCUT2D eigenvalue weighted by Gasteiger charge is 2.48. The molecule has 0 bridgehead atoms. The van der Waals surface area contributed by atoms with Crippen molar-refractivity contribution < 1.29 is 13.5 Å². The van der Waals surface area contributed by atoms with Crippen LogP contribution < -0.4 is 5.32 Å². The highest BCUT2D eigenvalue weighted by atomic mass is 19.1. The first-order valence-electron chi connectivity index (χ1n) is 6.60. The zero-order valence-electron chi connectivity index (χ0n) is 11.8. The van der Waals surface area contributed by atoms with Crippen LogP contribution in [-0.4, -0.2) is 19.3 Å². The Morgan fingerprint density at radius 3 is 2.63 bits per heavy atom. The Bertz CT molecular complexity index is 461. The first-order chi connectivity index (χ1) is 8.86. The summed E-state index contributed by atoms with van der Waals surface area (Å²) in [6.07, 6.45) is 1.11. The third kappa shape index (κ3) is 2.65. The van der Waals surface area contributed by atoms with Crippen molar-refractivity contribution in [3.05, 3.63) is 35.4 Å². The van der Waals surface area contributed by atoms with Gasteiger partial charge in [0.25, 0.3) is 0 Å². The summed E-state index contributed by atoms with van der Waals surface area (Å²) in [4.78, 5) is 0. The maximum Gasteiger partial charge on any atom is 0.128 e. The van der Waals surface area contributed by atoms with Crippen molar-refractivity contribution in [1.29, 1.82) is 0 Å². The molecule has 3 atom stereocenters. The maximum atomic E-state index is 13.7. The third-order valence-corrected chi connectivity index (χ3v) is 4.34. The summed E-state index contributed by atoms with van der Waals surface area (Å²) in [6, 6.07) is 3.59. The SMILES string of the molecule is COC1CC(NC(C)c2cc(F)ccc2F)C1(C)C. The highest BCUT2D eigenvalue weighted by Crippen LogP contribution is 2.43. The lowest BCUT2D eigenvalue weighted by atomic mass is 9.64. The van der Waals surface area contributed by atoms with Crippen LogP contribution in [0.3, 0.4) is 0 Å². The normalized spacial score (nSPS) is 26.8. The van der Waals surface area contributed by atoms with Crippen LogP contribution in [0.25, 0.3) is 0 Å². The highest BCUT2D eigenvalue weighted by molar-refractivity contribution is 5.22. The van der Waals surface area contributed by atoms with Gasteiger partial charge in [0.15, 0.2) is 0 Å². The molecule has 0 heterocycles. The van der Waals surface area contributed by atoms with E-state index in [4.69, 9.17) is 4.74 Å². The molecule has 0 spiro atoms. The fraction of sp³-hybridized carbons (Fsp3) is 0.600. The lowest BCUT2D eigenvalue weighted by molar-refractivity contribution is -0.1000. The molecule has 19 heavy (non-hydrogen) atoms. The Labute approximate surface area is 113 Å². The van der Waals surface area contributed by atoms with Gasteiger partial charge in [-0.05, 0) is 31.5 Å². The van der Waals surface area contributed by atoms with Crippen molar-refractivity contribution in [1.82, 2.24) is 5.32 Å². The van der Waals surface area contributed by atoms with Crippen LogP contribution in [0.2, 0.25) is 0 Å². The van der Waals surface area contributed by atoms with Crippen LogP contribution in [0.1, 0.15) is 38.8 Å². The third-order valence-electron chi connectivity index (χ3n) is 4.34. The van der Waals surface area contributed by atoms with Gasteiger partial charge < -0.3 is 10.1 Å². The number of hydrogen-bond donors (Lipinski definition) is 1. The Morgan fingerprint density at radius 2 is 2.05 bits per heavy atom. The quantitative estimate of drug-likeness (QED) is 0.904. The molecule has 2 rings (SSSR count). The first-order valence-corrected chi connectivity index (χ1v) is 6.60. The standard InChI is InChI=1S/C15H21F2NO/c1-9(11-7-10(16)5-6-12(11)17)18-13-8-14(19-4)15(13,2)3/h5-7,9,13-14,18H,8H2,1-4H3. The van der Waals surface area contributed by atoms with Gasteiger partial charge in [-0.15, -0.1) is 0 Å². The molecule has 1 aliphatic rings. The lowest BCUT2D eigenvalue weighted by Gasteiger charge is -2.52. The molecule has 1 saturated carbocycles. The van der Waals surface area contributed by atoms with E-state index in [2.05, 4.69) is 19.2 Å². The summed E-state index contributed by atoms with van der Waals surface area (Å²) >= 11 is 0. The van der Waals surface area contributed by atoms with E-state index in [0.717, 1.165) is 12.5 Å². The maximum absolute atomic E-state index is 13.7. The van der Waals surface area contributed by atoms with E-state index in [1.54, 1.807) is 7.11 Å². The van der Waals surface area contributed by atoms with E-state index >= 15 is 0 Å². The Balaban J connectivity index is 2.06. The van der Waals surface area contributed by atoms with Crippen molar-refractivity contribution in [2.24, 2.45) is 5.41 Å². The second-order valence-corrected chi connectivity index (χ2v) is 5.89. The molecule has 0 amide bonds. The molecule has 1 N–H and O–H groups in total. The van der Waals surface area contributed by atoms with Crippen LogP contribution >= 0.6 is 0 Å². The predicted molar refractivity (Wildman–Crippen MR) is 70.9 cm³/mol. The van der Waals surface area contributed by atoms with Gasteiger partial charge in [0, 0.05) is 30.2 Å². The van der Waals surface area contributed by atoms with Crippen molar-refractivity contribution >= 4 is 0 Å². The average Bonchev–Trinajstić information content (AvgIpc) is 2.36. The van der Waals surface area contributed by atoms with E-state index in [1.807, 2.05) is 6.92 Å². The Morgan fingerprint density at radius 1 is 1.37 bits per heavy atom. The molecular weight excluding hydrogens is 248 g/mol. The summed E-state index contributed by atoms with van der Waals surface area (Å²) < 4.78 is 32.3. The van der Waals surface area contributed by atoms with Gasteiger partial charge in [0.2, 0.25) is 0 Å². The van der Waals surface area contributed by atoms with Gasteiger partial charge in [-0.3, -0.25) is 0 Å². The summed E-state index contributed by atoms with van der Waals surface area (Å²) in [5, 5.41) is 3.37. The van der Waals surface area contributed by atoms with Crippen molar-refractivity contribution in [3.8, 4) is 0 Å². The second-order valence-electron chi connectivity index (χ2n) is 5.89. The van der Waals surface area contributed by atoms with Crippen LogP contribution in [0.5, 0.6) is 0 Å². The molecule has 106 valence electrons. The van der Waals surface area contributed by atoms with Crippen LogP contribution in [0.15, 0.2) is 18.2 Å². The molecule has 4 heteroatoms. The zero-order chi connectivity index (χ0) is 14.2. The minimum atomic E-state index is -0.410. The number of hydrogen-bond acceptors (Lipinski definition) is 2. The smallest absolute Gasteiger partial charge is 0.128 e. The van der Waals surface area contributed by atoms with Gasteiger partial charge in [-0.25, -0.2) is 8.78 Å². The van der Waals surface area contributed by atoms with E-state index < -0.39 is 5.82 Å². The van der Waals surface area contributed by atoms with Gasteiger partial charge in [0.1, 0.15) is 11.6 Å². The largest absolute Gasteiger partial charge is 0.381 e. The monoisotopic (exact) mass is 269 g/mol. The molecule has 0 aromatic heterocycles. The topological polar surface area (TPSA) is 21.3 Å². The number of methoxy groups -OCH3 is 1.